The molecule has 0 atom stereocenters. The molecular weight excluding hydrogens is 196 g/mol. The van der Waals surface area contributed by atoms with E-state index in [9.17, 15) is 10.1 Å². The van der Waals surface area contributed by atoms with Gasteiger partial charge in [-0.05, 0) is 19.9 Å². The van der Waals surface area contributed by atoms with Gasteiger partial charge in [-0.1, -0.05) is 5.21 Å². The van der Waals surface area contributed by atoms with Crippen LogP contribution in [0.2, 0.25) is 0 Å². The third-order valence-corrected chi connectivity index (χ3v) is 2.15. The minimum Gasteiger partial charge on any atom is -0.258 e. The number of hydrogen-bond donors (Lipinski definition) is 0. The summed E-state index contributed by atoms with van der Waals surface area (Å²) in [7, 11) is 0. The summed E-state index contributed by atoms with van der Waals surface area (Å²) < 4.78 is 1.74. The van der Waals surface area contributed by atoms with E-state index in [1.54, 1.807) is 10.7 Å². The number of fused-ring (bicyclic) bond motifs is 1. The molecule has 0 fully saturated rings. The molecule has 0 spiro atoms. The van der Waals surface area contributed by atoms with Crippen LogP contribution in [-0.4, -0.2) is 19.9 Å². The van der Waals surface area contributed by atoms with E-state index in [1.165, 1.54) is 12.1 Å². The van der Waals surface area contributed by atoms with Crippen molar-refractivity contribution in [2.45, 2.75) is 19.9 Å². The van der Waals surface area contributed by atoms with E-state index < -0.39 is 4.92 Å². The van der Waals surface area contributed by atoms with Crippen LogP contribution in [0.25, 0.3) is 11.0 Å². The normalized spacial score (nSPS) is 11.1. The molecule has 0 aliphatic carbocycles. The number of nitrogens with zero attached hydrogens (tertiary/aromatic N) is 4. The third-order valence-electron chi connectivity index (χ3n) is 2.15. The summed E-state index contributed by atoms with van der Waals surface area (Å²) in [6.07, 6.45) is 0. The Balaban J connectivity index is 2.61. The van der Waals surface area contributed by atoms with Crippen LogP contribution < -0.4 is 0 Å². The molecule has 0 aliphatic rings. The van der Waals surface area contributed by atoms with E-state index in [-0.39, 0.29) is 11.7 Å². The monoisotopic (exact) mass is 206 g/mol. The first-order valence-electron chi connectivity index (χ1n) is 4.59. The molecule has 0 saturated heterocycles. The molecule has 2 rings (SSSR count). The van der Waals surface area contributed by atoms with Crippen molar-refractivity contribution in [1.29, 1.82) is 0 Å². The molecule has 2 aromatic rings. The summed E-state index contributed by atoms with van der Waals surface area (Å²) in [4.78, 5) is 10.1. The summed E-state index contributed by atoms with van der Waals surface area (Å²) in [6, 6.07) is 4.76. The second-order valence-electron chi connectivity index (χ2n) is 3.56. The first-order chi connectivity index (χ1) is 7.09. The van der Waals surface area contributed by atoms with E-state index in [1.807, 2.05) is 13.8 Å². The molecule has 0 amide bonds. The van der Waals surface area contributed by atoms with Crippen molar-refractivity contribution in [2.75, 3.05) is 0 Å². The minimum atomic E-state index is -0.437. The lowest BCUT2D eigenvalue weighted by Gasteiger charge is -2.04. The largest absolute Gasteiger partial charge is 0.271 e. The van der Waals surface area contributed by atoms with Gasteiger partial charge in [-0.25, -0.2) is 4.68 Å². The highest BCUT2D eigenvalue weighted by atomic mass is 16.6. The molecule has 0 unspecified atom stereocenters. The lowest BCUT2D eigenvalue weighted by atomic mass is 10.2. The zero-order valence-electron chi connectivity index (χ0n) is 8.41. The molecule has 1 aromatic carbocycles. The van der Waals surface area contributed by atoms with E-state index in [4.69, 9.17) is 0 Å². The van der Waals surface area contributed by atoms with Gasteiger partial charge in [0.05, 0.1) is 10.4 Å². The molecule has 0 N–H and O–H groups in total. The van der Waals surface area contributed by atoms with Crippen LogP contribution in [0.4, 0.5) is 5.69 Å². The molecule has 1 aromatic heterocycles. The molecule has 0 radical (unpaired) electrons. The standard InChI is InChI=1S/C9H10N4O2/c1-6(2)12-9-4-3-7(13(14)15)5-8(9)10-11-12/h3-6H,1-2H3. The molecule has 6 heteroatoms. The Morgan fingerprint density at radius 2 is 2.20 bits per heavy atom. The van der Waals surface area contributed by atoms with E-state index in [2.05, 4.69) is 10.3 Å². The number of nitro groups is 1. The second-order valence-corrected chi connectivity index (χ2v) is 3.56. The molecule has 15 heavy (non-hydrogen) atoms. The van der Waals surface area contributed by atoms with Crippen molar-refractivity contribution >= 4 is 16.7 Å². The third kappa shape index (κ3) is 1.54. The Morgan fingerprint density at radius 3 is 2.80 bits per heavy atom. The average Bonchev–Trinajstić information content (AvgIpc) is 2.59. The summed E-state index contributed by atoms with van der Waals surface area (Å²) in [6.45, 7) is 3.96. The van der Waals surface area contributed by atoms with Crippen LogP contribution in [0.5, 0.6) is 0 Å². The highest BCUT2D eigenvalue weighted by Gasteiger charge is 2.11. The van der Waals surface area contributed by atoms with Crippen LogP contribution in [0.15, 0.2) is 18.2 Å². The summed E-state index contributed by atoms with van der Waals surface area (Å²) >= 11 is 0. The van der Waals surface area contributed by atoms with Gasteiger partial charge in [0.1, 0.15) is 5.52 Å². The maximum Gasteiger partial charge on any atom is 0.271 e. The predicted molar refractivity (Wildman–Crippen MR) is 54.6 cm³/mol. The van der Waals surface area contributed by atoms with Gasteiger partial charge in [0.15, 0.2) is 0 Å². The Bertz CT molecular complexity index is 518. The fraction of sp³-hybridized carbons (Fsp3) is 0.333. The van der Waals surface area contributed by atoms with Crippen LogP contribution >= 0.6 is 0 Å². The first-order valence-corrected chi connectivity index (χ1v) is 4.59. The Morgan fingerprint density at radius 1 is 1.47 bits per heavy atom. The van der Waals surface area contributed by atoms with Crippen LogP contribution in [0.1, 0.15) is 19.9 Å². The van der Waals surface area contributed by atoms with Crippen molar-refractivity contribution < 1.29 is 4.92 Å². The van der Waals surface area contributed by atoms with Crippen molar-refractivity contribution in [3.8, 4) is 0 Å². The number of aromatic nitrogens is 3. The molecule has 78 valence electrons. The molecule has 6 nitrogen and oxygen atoms in total. The van der Waals surface area contributed by atoms with E-state index in [0.717, 1.165) is 5.52 Å². The SMILES string of the molecule is CC(C)n1nnc2cc([N+](=O)[O-])ccc21. The van der Waals surface area contributed by atoms with Gasteiger partial charge >= 0.3 is 0 Å². The highest BCUT2D eigenvalue weighted by Crippen LogP contribution is 2.20. The van der Waals surface area contributed by atoms with Gasteiger partial charge in [0, 0.05) is 18.2 Å². The summed E-state index contributed by atoms with van der Waals surface area (Å²) in [5.74, 6) is 0. The van der Waals surface area contributed by atoms with Gasteiger partial charge in [0.25, 0.3) is 5.69 Å². The fourth-order valence-corrected chi connectivity index (χ4v) is 1.43. The quantitative estimate of drug-likeness (QED) is 0.555. The van der Waals surface area contributed by atoms with Crippen LogP contribution in [0, 0.1) is 10.1 Å². The highest BCUT2D eigenvalue weighted by molar-refractivity contribution is 5.77. The maximum absolute atomic E-state index is 10.5. The number of nitro benzene ring substituents is 1. The second kappa shape index (κ2) is 3.30. The van der Waals surface area contributed by atoms with Crippen molar-refractivity contribution in [1.82, 2.24) is 15.0 Å². The van der Waals surface area contributed by atoms with Gasteiger partial charge < -0.3 is 0 Å². The summed E-state index contributed by atoms with van der Waals surface area (Å²) in [5.41, 5.74) is 1.41. The van der Waals surface area contributed by atoms with Gasteiger partial charge in [-0.15, -0.1) is 5.10 Å². The minimum absolute atomic E-state index is 0.0401. The average molecular weight is 206 g/mol. The van der Waals surface area contributed by atoms with Gasteiger partial charge in [0.2, 0.25) is 0 Å². The first kappa shape index (κ1) is 9.57. The zero-order chi connectivity index (χ0) is 11.0. The van der Waals surface area contributed by atoms with Crippen LogP contribution in [0.3, 0.4) is 0 Å². The summed E-state index contributed by atoms with van der Waals surface area (Å²) in [5, 5.41) is 18.4. The number of rotatable bonds is 2. The van der Waals surface area contributed by atoms with Gasteiger partial charge in [-0.3, -0.25) is 10.1 Å². The molecule has 0 saturated carbocycles. The topological polar surface area (TPSA) is 73.8 Å². The molecular formula is C9H10N4O2. The van der Waals surface area contributed by atoms with Gasteiger partial charge in [-0.2, -0.15) is 0 Å². The fourth-order valence-electron chi connectivity index (χ4n) is 1.43. The Hall–Kier alpha value is -1.98. The lowest BCUT2D eigenvalue weighted by molar-refractivity contribution is -0.384. The van der Waals surface area contributed by atoms with Crippen molar-refractivity contribution in [3.63, 3.8) is 0 Å². The predicted octanol–water partition coefficient (Wildman–Crippen LogP) is 1.92. The Labute approximate surface area is 85.7 Å². The zero-order valence-corrected chi connectivity index (χ0v) is 8.41. The maximum atomic E-state index is 10.5. The number of hydrogen-bond acceptors (Lipinski definition) is 4. The number of non-ortho nitro benzene ring substituents is 1. The lowest BCUT2D eigenvalue weighted by Crippen LogP contribution is -2.02. The molecule has 1 heterocycles. The van der Waals surface area contributed by atoms with Crippen LogP contribution in [-0.2, 0) is 0 Å². The van der Waals surface area contributed by atoms with Crippen molar-refractivity contribution in [3.05, 3.63) is 28.3 Å². The molecule has 0 bridgehead atoms. The van der Waals surface area contributed by atoms with E-state index >= 15 is 0 Å². The van der Waals surface area contributed by atoms with E-state index in [0.29, 0.717) is 5.52 Å². The smallest absolute Gasteiger partial charge is 0.258 e. The Kier molecular flexibility index (Phi) is 2.11. The van der Waals surface area contributed by atoms with Crippen molar-refractivity contribution in [2.24, 2.45) is 0 Å². The molecule has 0 aliphatic heterocycles. The number of benzene rings is 1.